The highest BCUT2D eigenvalue weighted by Gasteiger charge is 2.25. The number of carboxylic acid groups (broad SMARTS) is 1. The molecule has 0 bridgehead atoms. The van der Waals surface area contributed by atoms with Gasteiger partial charge in [0.25, 0.3) is 0 Å². The molecule has 0 aromatic carbocycles. The van der Waals surface area contributed by atoms with Crippen LogP contribution in [0.4, 0.5) is 0 Å². The Morgan fingerprint density at radius 2 is 1.60 bits per heavy atom. The van der Waals surface area contributed by atoms with Crippen LogP contribution in [-0.2, 0) is 24.0 Å². The molecular weight excluding hydrogens is 334 g/mol. The van der Waals surface area contributed by atoms with Crippen LogP contribution in [0.5, 0.6) is 0 Å². The van der Waals surface area contributed by atoms with Crippen molar-refractivity contribution in [2.45, 2.75) is 38.8 Å². The third-order valence-electron chi connectivity index (χ3n) is 2.96. The fourth-order valence-electron chi connectivity index (χ4n) is 1.82. The monoisotopic (exact) mass is 359 g/mol. The molecule has 11 heteroatoms. The van der Waals surface area contributed by atoms with Crippen molar-refractivity contribution in [3.8, 4) is 0 Å². The normalized spacial score (nSPS) is 12.8. The number of hydrogen-bond donors (Lipinski definition) is 6. The fraction of sp³-hybridized carbons (Fsp3) is 0.643. The van der Waals surface area contributed by atoms with Gasteiger partial charge in [-0.3, -0.25) is 24.0 Å². The van der Waals surface area contributed by atoms with Crippen LogP contribution in [0.25, 0.3) is 0 Å². The van der Waals surface area contributed by atoms with Crippen LogP contribution in [0.15, 0.2) is 0 Å². The van der Waals surface area contributed by atoms with Crippen molar-refractivity contribution in [2.75, 3.05) is 13.1 Å². The van der Waals surface area contributed by atoms with E-state index < -0.39 is 54.8 Å². The van der Waals surface area contributed by atoms with Gasteiger partial charge in [0.15, 0.2) is 0 Å². The zero-order chi connectivity index (χ0) is 19.6. The van der Waals surface area contributed by atoms with Gasteiger partial charge in [-0.05, 0) is 12.3 Å². The number of primary amides is 1. The summed E-state index contributed by atoms with van der Waals surface area (Å²) in [6, 6.07) is -2.14. The lowest BCUT2D eigenvalue weighted by atomic mass is 10.0. The number of carbonyl (C=O) groups is 5. The molecule has 0 aliphatic carbocycles. The second-order valence-corrected chi connectivity index (χ2v) is 5.86. The Morgan fingerprint density at radius 3 is 2.08 bits per heavy atom. The maximum atomic E-state index is 12.1. The third-order valence-corrected chi connectivity index (χ3v) is 2.96. The van der Waals surface area contributed by atoms with Gasteiger partial charge >= 0.3 is 5.97 Å². The molecule has 0 saturated carbocycles. The molecule has 0 aliphatic heterocycles. The first-order chi connectivity index (χ1) is 11.5. The molecular formula is C14H25N5O6. The minimum absolute atomic E-state index is 0.0456. The van der Waals surface area contributed by atoms with Gasteiger partial charge in [-0.25, -0.2) is 0 Å². The number of hydrogen-bond acceptors (Lipinski definition) is 6. The van der Waals surface area contributed by atoms with E-state index in [0.717, 1.165) is 0 Å². The standard InChI is InChI=1S/C14H25N5O6/c1-7(2)3-9(19-13(24)8(15)4-10(16)20)14(25)18-5-11(21)17-6-12(22)23/h7-9H,3-6,15H2,1-2H3,(H2,16,20)(H,17,21)(H,18,25)(H,19,24)(H,22,23). The van der Waals surface area contributed by atoms with Gasteiger partial charge in [0.2, 0.25) is 23.6 Å². The summed E-state index contributed by atoms with van der Waals surface area (Å²) in [7, 11) is 0. The Morgan fingerprint density at radius 1 is 1.00 bits per heavy atom. The van der Waals surface area contributed by atoms with Gasteiger partial charge in [0.05, 0.1) is 19.0 Å². The largest absolute Gasteiger partial charge is 0.480 e. The van der Waals surface area contributed by atoms with Crippen LogP contribution in [0.3, 0.4) is 0 Å². The van der Waals surface area contributed by atoms with Crippen LogP contribution in [0, 0.1) is 5.92 Å². The number of carboxylic acids is 1. The summed E-state index contributed by atoms with van der Waals surface area (Å²) in [5.41, 5.74) is 10.5. The van der Waals surface area contributed by atoms with Gasteiger partial charge in [-0.2, -0.15) is 0 Å². The summed E-state index contributed by atoms with van der Waals surface area (Å²) >= 11 is 0. The predicted octanol–water partition coefficient (Wildman–Crippen LogP) is -2.96. The van der Waals surface area contributed by atoms with Crippen molar-refractivity contribution in [1.29, 1.82) is 0 Å². The minimum atomic E-state index is -1.21. The molecule has 0 aromatic rings. The Balaban J connectivity index is 4.65. The average Bonchev–Trinajstić information content (AvgIpc) is 2.48. The summed E-state index contributed by atoms with van der Waals surface area (Å²) in [4.78, 5) is 56.6. The molecule has 0 heterocycles. The van der Waals surface area contributed by atoms with Crippen molar-refractivity contribution in [2.24, 2.45) is 17.4 Å². The van der Waals surface area contributed by atoms with Crippen LogP contribution >= 0.6 is 0 Å². The molecule has 0 radical (unpaired) electrons. The first-order valence-corrected chi connectivity index (χ1v) is 7.63. The number of aliphatic carboxylic acids is 1. The highest BCUT2D eigenvalue weighted by atomic mass is 16.4. The highest BCUT2D eigenvalue weighted by Crippen LogP contribution is 2.05. The van der Waals surface area contributed by atoms with Crippen molar-refractivity contribution in [3.05, 3.63) is 0 Å². The summed E-state index contributed by atoms with van der Waals surface area (Å²) in [6.07, 6.45) is -0.0863. The number of amides is 4. The van der Waals surface area contributed by atoms with E-state index in [1.165, 1.54) is 0 Å². The molecule has 0 aliphatic rings. The lowest BCUT2D eigenvalue weighted by Crippen LogP contribution is -2.53. The van der Waals surface area contributed by atoms with Crippen molar-refractivity contribution >= 4 is 29.6 Å². The lowest BCUT2D eigenvalue weighted by Gasteiger charge is -2.21. The first-order valence-electron chi connectivity index (χ1n) is 7.63. The molecule has 4 amide bonds. The second kappa shape index (κ2) is 11.0. The van der Waals surface area contributed by atoms with E-state index in [1.807, 2.05) is 13.8 Å². The molecule has 8 N–H and O–H groups in total. The molecule has 0 rings (SSSR count). The van der Waals surface area contributed by atoms with E-state index in [4.69, 9.17) is 16.6 Å². The minimum Gasteiger partial charge on any atom is -0.480 e. The van der Waals surface area contributed by atoms with Crippen LogP contribution < -0.4 is 27.4 Å². The van der Waals surface area contributed by atoms with Crippen molar-refractivity contribution in [1.82, 2.24) is 16.0 Å². The van der Waals surface area contributed by atoms with E-state index in [0.29, 0.717) is 0 Å². The van der Waals surface area contributed by atoms with Gasteiger partial charge in [0.1, 0.15) is 12.6 Å². The van der Waals surface area contributed by atoms with E-state index >= 15 is 0 Å². The molecule has 2 unspecified atom stereocenters. The molecule has 0 spiro atoms. The highest BCUT2D eigenvalue weighted by molar-refractivity contribution is 5.93. The summed E-state index contributed by atoms with van der Waals surface area (Å²) in [5, 5.41) is 15.3. The van der Waals surface area contributed by atoms with Crippen LogP contribution in [0.1, 0.15) is 26.7 Å². The van der Waals surface area contributed by atoms with Gasteiger partial charge in [0, 0.05) is 0 Å². The molecule has 2 atom stereocenters. The second-order valence-electron chi connectivity index (χ2n) is 5.86. The number of nitrogens with two attached hydrogens (primary N) is 2. The lowest BCUT2D eigenvalue weighted by molar-refractivity contribution is -0.138. The van der Waals surface area contributed by atoms with Gasteiger partial charge < -0.3 is 32.5 Å². The van der Waals surface area contributed by atoms with E-state index in [2.05, 4.69) is 16.0 Å². The predicted molar refractivity (Wildman–Crippen MR) is 86.8 cm³/mol. The van der Waals surface area contributed by atoms with E-state index in [-0.39, 0.29) is 18.8 Å². The zero-order valence-electron chi connectivity index (χ0n) is 14.2. The molecule has 0 fully saturated rings. The molecule has 142 valence electrons. The van der Waals surface area contributed by atoms with E-state index in [9.17, 15) is 24.0 Å². The number of nitrogens with one attached hydrogen (secondary N) is 3. The van der Waals surface area contributed by atoms with E-state index in [1.54, 1.807) is 0 Å². The molecule has 11 nitrogen and oxygen atoms in total. The quantitative estimate of drug-likeness (QED) is 0.227. The maximum Gasteiger partial charge on any atom is 0.322 e. The summed E-state index contributed by atoms with van der Waals surface area (Å²) in [5.74, 6) is -3.94. The smallest absolute Gasteiger partial charge is 0.322 e. The summed E-state index contributed by atoms with van der Waals surface area (Å²) in [6.45, 7) is 2.65. The molecule has 0 aromatic heterocycles. The third kappa shape index (κ3) is 10.7. The van der Waals surface area contributed by atoms with Crippen LogP contribution in [-0.4, -0.2) is 59.9 Å². The molecule has 25 heavy (non-hydrogen) atoms. The van der Waals surface area contributed by atoms with Gasteiger partial charge in [-0.1, -0.05) is 13.8 Å². The topological polar surface area (TPSA) is 194 Å². The Bertz CT molecular complexity index is 522. The maximum absolute atomic E-state index is 12.1. The van der Waals surface area contributed by atoms with Gasteiger partial charge in [-0.15, -0.1) is 0 Å². The Kier molecular flexibility index (Phi) is 9.79. The molecule has 0 saturated heterocycles. The average molecular weight is 359 g/mol. The Hall–Kier alpha value is -2.69. The fourth-order valence-corrected chi connectivity index (χ4v) is 1.82. The first kappa shape index (κ1) is 22.3. The number of rotatable bonds is 11. The van der Waals surface area contributed by atoms with Crippen LogP contribution in [0.2, 0.25) is 0 Å². The van der Waals surface area contributed by atoms with Crippen molar-refractivity contribution < 1.29 is 29.1 Å². The van der Waals surface area contributed by atoms with Crippen molar-refractivity contribution in [3.63, 3.8) is 0 Å². The SMILES string of the molecule is CC(C)CC(NC(=O)C(N)CC(N)=O)C(=O)NCC(=O)NCC(=O)O. The summed E-state index contributed by atoms with van der Waals surface area (Å²) < 4.78 is 0. The Labute approximate surface area is 144 Å². The zero-order valence-corrected chi connectivity index (χ0v) is 14.2. The number of carbonyl (C=O) groups excluding carboxylic acids is 4.